The molecule has 0 saturated carbocycles. The van der Waals surface area contributed by atoms with Gasteiger partial charge in [0.25, 0.3) is 0 Å². The molecule has 2 rings (SSSR count). The summed E-state index contributed by atoms with van der Waals surface area (Å²) in [6.07, 6.45) is 2.72. The van der Waals surface area contributed by atoms with Gasteiger partial charge in [-0.1, -0.05) is 32.4 Å². The molecule has 8 heteroatoms. The van der Waals surface area contributed by atoms with Crippen molar-refractivity contribution in [3.8, 4) is 5.75 Å². The highest BCUT2D eigenvalue weighted by molar-refractivity contribution is 6.30. The summed E-state index contributed by atoms with van der Waals surface area (Å²) in [6, 6.07) is 2.56. The van der Waals surface area contributed by atoms with Gasteiger partial charge < -0.3 is 19.5 Å². The molecule has 0 aromatic carbocycles. The van der Waals surface area contributed by atoms with E-state index in [-0.39, 0.29) is 23.8 Å². The van der Waals surface area contributed by atoms with Gasteiger partial charge in [-0.3, -0.25) is 4.79 Å². The lowest BCUT2D eigenvalue weighted by Gasteiger charge is -2.24. The molecule has 0 radical (unpaired) electrons. The van der Waals surface area contributed by atoms with Gasteiger partial charge in [0.05, 0.1) is 13.7 Å². The number of carbonyl (C=O) groups excluding carboxylic acids is 2. The SMILES string of the molecule is COC(=O)C(Cc1ccc(OC2CCCCO2)c(Cl)n1)NC(=O)C(C)(C)C. The van der Waals surface area contributed by atoms with E-state index in [0.29, 0.717) is 18.1 Å². The minimum absolute atomic E-state index is 0.161. The number of amides is 1. The molecule has 150 valence electrons. The molecule has 1 aromatic heterocycles. The van der Waals surface area contributed by atoms with E-state index in [4.69, 9.17) is 25.8 Å². The summed E-state index contributed by atoms with van der Waals surface area (Å²) in [5, 5.41) is 2.90. The van der Waals surface area contributed by atoms with Crippen molar-refractivity contribution >= 4 is 23.5 Å². The number of hydrogen-bond donors (Lipinski definition) is 1. The number of rotatable bonds is 6. The van der Waals surface area contributed by atoms with Crippen LogP contribution in [0.5, 0.6) is 5.75 Å². The Balaban J connectivity index is 2.07. The molecule has 1 aliphatic rings. The summed E-state index contributed by atoms with van der Waals surface area (Å²) < 4.78 is 16.1. The summed E-state index contributed by atoms with van der Waals surface area (Å²) in [6.45, 7) is 5.98. The first-order valence-corrected chi connectivity index (χ1v) is 9.41. The fraction of sp³-hybridized carbons (Fsp3) is 0.632. The second-order valence-electron chi connectivity index (χ2n) is 7.51. The third kappa shape index (κ3) is 6.36. The largest absolute Gasteiger partial charge is 0.467 e. The monoisotopic (exact) mass is 398 g/mol. The first-order chi connectivity index (χ1) is 12.7. The predicted molar refractivity (Wildman–Crippen MR) is 101 cm³/mol. The smallest absolute Gasteiger partial charge is 0.328 e. The van der Waals surface area contributed by atoms with Gasteiger partial charge in [-0.25, -0.2) is 9.78 Å². The number of halogens is 1. The van der Waals surface area contributed by atoms with Crippen molar-refractivity contribution in [2.24, 2.45) is 5.41 Å². The van der Waals surface area contributed by atoms with E-state index in [1.807, 2.05) is 0 Å². The zero-order valence-corrected chi connectivity index (χ0v) is 17.0. The number of aromatic nitrogens is 1. The van der Waals surface area contributed by atoms with Crippen molar-refractivity contribution in [1.29, 1.82) is 0 Å². The minimum atomic E-state index is -0.848. The fourth-order valence-electron chi connectivity index (χ4n) is 2.53. The fourth-order valence-corrected chi connectivity index (χ4v) is 2.74. The molecule has 2 heterocycles. The third-order valence-electron chi connectivity index (χ3n) is 4.15. The Morgan fingerprint density at radius 3 is 2.67 bits per heavy atom. The van der Waals surface area contributed by atoms with Gasteiger partial charge >= 0.3 is 5.97 Å². The Morgan fingerprint density at radius 2 is 2.11 bits per heavy atom. The number of ether oxygens (including phenoxy) is 3. The molecular weight excluding hydrogens is 372 g/mol. The molecule has 0 bridgehead atoms. The second-order valence-corrected chi connectivity index (χ2v) is 7.87. The highest BCUT2D eigenvalue weighted by atomic mass is 35.5. The topological polar surface area (TPSA) is 86.8 Å². The van der Waals surface area contributed by atoms with Crippen LogP contribution in [-0.4, -0.2) is 42.9 Å². The molecule has 7 nitrogen and oxygen atoms in total. The van der Waals surface area contributed by atoms with Crippen LogP contribution in [0.4, 0.5) is 0 Å². The van der Waals surface area contributed by atoms with E-state index in [2.05, 4.69) is 10.3 Å². The van der Waals surface area contributed by atoms with E-state index >= 15 is 0 Å². The molecule has 0 aliphatic carbocycles. The quantitative estimate of drug-likeness (QED) is 0.585. The number of carbonyl (C=O) groups is 2. The van der Waals surface area contributed by atoms with Crippen LogP contribution in [0.3, 0.4) is 0 Å². The van der Waals surface area contributed by atoms with Gasteiger partial charge in [0.1, 0.15) is 6.04 Å². The van der Waals surface area contributed by atoms with E-state index in [1.54, 1.807) is 32.9 Å². The molecule has 1 aromatic rings. The summed E-state index contributed by atoms with van der Waals surface area (Å²) in [5.41, 5.74) is -0.0868. The van der Waals surface area contributed by atoms with E-state index in [9.17, 15) is 9.59 Å². The number of methoxy groups -OCH3 is 1. The second kappa shape index (κ2) is 9.37. The molecule has 1 N–H and O–H groups in total. The lowest BCUT2D eigenvalue weighted by atomic mass is 9.95. The van der Waals surface area contributed by atoms with Gasteiger partial charge in [-0.05, 0) is 25.0 Å². The van der Waals surface area contributed by atoms with Crippen LogP contribution in [0.25, 0.3) is 0 Å². The molecule has 27 heavy (non-hydrogen) atoms. The van der Waals surface area contributed by atoms with Gasteiger partial charge in [0.15, 0.2) is 17.2 Å². The molecule has 2 unspecified atom stereocenters. The highest BCUT2D eigenvalue weighted by Crippen LogP contribution is 2.26. The molecule has 1 aliphatic heterocycles. The van der Waals surface area contributed by atoms with Crippen LogP contribution >= 0.6 is 11.6 Å². The Morgan fingerprint density at radius 1 is 1.37 bits per heavy atom. The van der Waals surface area contributed by atoms with Crippen molar-refractivity contribution in [3.05, 3.63) is 23.0 Å². The number of nitrogens with one attached hydrogen (secondary N) is 1. The van der Waals surface area contributed by atoms with Gasteiger partial charge in [0, 0.05) is 24.0 Å². The number of nitrogens with zero attached hydrogens (tertiary/aromatic N) is 1. The first kappa shape index (κ1) is 21.4. The lowest BCUT2D eigenvalue weighted by molar-refractivity contribution is -0.146. The van der Waals surface area contributed by atoms with Crippen molar-refractivity contribution in [3.63, 3.8) is 0 Å². The molecular formula is C19H27ClN2O5. The van der Waals surface area contributed by atoms with Crippen LogP contribution in [0.2, 0.25) is 5.15 Å². The maximum absolute atomic E-state index is 12.2. The maximum atomic E-state index is 12.2. The maximum Gasteiger partial charge on any atom is 0.328 e. The normalized spacial score (nSPS) is 18.5. The Hall–Kier alpha value is -1.86. The number of hydrogen-bond acceptors (Lipinski definition) is 6. The molecule has 2 atom stereocenters. The summed E-state index contributed by atoms with van der Waals surface area (Å²) in [5.74, 6) is -0.361. The summed E-state index contributed by atoms with van der Waals surface area (Å²) >= 11 is 6.23. The van der Waals surface area contributed by atoms with E-state index in [0.717, 1.165) is 19.3 Å². The lowest BCUT2D eigenvalue weighted by Crippen LogP contribution is -2.47. The number of esters is 1. The highest BCUT2D eigenvalue weighted by Gasteiger charge is 2.29. The predicted octanol–water partition coefficient (Wildman–Crippen LogP) is 2.89. The Kier molecular flexibility index (Phi) is 7.44. The zero-order valence-electron chi connectivity index (χ0n) is 16.2. The van der Waals surface area contributed by atoms with E-state index < -0.39 is 17.4 Å². The van der Waals surface area contributed by atoms with E-state index in [1.165, 1.54) is 7.11 Å². The number of pyridine rings is 1. The Labute approximate surface area is 164 Å². The molecule has 1 saturated heterocycles. The molecule has 1 amide bonds. The summed E-state index contributed by atoms with van der Waals surface area (Å²) in [7, 11) is 1.28. The van der Waals surface area contributed by atoms with Crippen LogP contribution in [0.1, 0.15) is 45.7 Å². The molecule has 1 fully saturated rings. The van der Waals surface area contributed by atoms with Crippen LogP contribution in [0.15, 0.2) is 12.1 Å². The van der Waals surface area contributed by atoms with Crippen molar-refractivity contribution < 1.29 is 23.8 Å². The minimum Gasteiger partial charge on any atom is -0.467 e. The first-order valence-electron chi connectivity index (χ1n) is 9.03. The van der Waals surface area contributed by atoms with Crippen LogP contribution < -0.4 is 10.1 Å². The van der Waals surface area contributed by atoms with Gasteiger partial charge in [0.2, 0.25) is 5.91 Å². The van der Waals surface area contributed by atoms with Crippen molar-refractivity contribution in [2.45, 2.75) is 58.8 Å². The van der Waals surface area contributed by atoms with Crippen LogP contribution in [-0.2, 0) is 25.5 Å². The summed E-state index contributed by atoms with van der Waals surface area (Å²) in [4.78, 5) is 28.6. The van der Waals surface area contributed by atoms with Crippen molar-refractivity contribution in [2.75, 3.05) is 13.7 Å². The van der Waals surface area contributed by atoms with Crippen molar-refractivity contribution in [1.82, 2.24) is 10.3 Å². The van der Waals surface area contributed by atoms with Crippen LogP contribution in [0, 0.1) is 5.41 Å². The zero-order chi connectivity index (χ0) is 20.0. The Bertz CT molecular complexity index is 669. The average molecular weight is 399 g/mol. The van der Waals surface area contributed by atoms with Gasteiger partial charge in [-0.15, -0.1) is 0 Å². The average Bonchev–Trinajstić information content (AvgIpc) is 2.62. The standard InChI is InChI=1S/C19H27ClN2O5/c1-19(2,3)18(24)22-13(17(23)25-4)11-12-8-9-14(16(20)21-12)27-15-7-5-6-10-26-15/h8-9,13,15H,5-7,10-11H2,1-4H3,(H,22,24). The molecule has 0 spiro atoms. The third-order valence-corrected chi connectivity index (χ3v) is 4.42. The van der Waals surface area contributed by atoms with Gasteiger partial charge in [-0.2, -0.15) is 0 Å².